The van der Waals surface area contributed by atoms with Gasteiger partial charge >= 0.3 is 0 Å². The molecule has 0 bridgehead atoms. The molecule has 0 amide bonds. The van der Waals surface area contributed by atoms with Gasteiger partial charge in [0.1, 0.15) is 0 Å². The highest BCUT2D eigenvalue weighted by molar-refractivity contribution is 4.95. The lowest BCUT2D eigenvalue weighted by molar-refractivity contribution is -0.127. The summed E-state index contributed by atoms with van der Waals surface area (Å²) in [6.07, 6.45) is 7.84. The van der Waals surface area contributed by atoms with Gasteiger partial charge in [-0.05, 0) is 25.7 Å². The van der Waals surface area contributed by atoms with E-state index in [0.29, 0.717) is 6.10 Å². The molecule has 0 radical (unpaired) electrons. The summed E-state index contributed by atoms with van der Waals surface area (Å²) in [5.74, 6) is 0. The van der Waals surface area contributed by atoms with Gasteiger partial charge in [-0.25, -0.2) is 0 Å². The topological polar surface area (TPSA) is 18.5 Å². The van der Waals surface area contributed by atoms with Crippen molar-refractivity contribution in [2.45, 2.75) is 50.2 Å². The first-order valence-corrected chi connectivity index (χ1v) is 5.04. The van der Waals surface area contributed by atoms with Gasteiger partial charge in [0.05, 0.1) is 11.7 Å². The van der Waals surface area contributed by atoms with Crippen LogP contribution in [0.3, 0.4) is 0 Å². The summed E-state index contributed by atoms with van der Waals surface area (Å²) < 4.78 is 11.4. The van der Waals surface area contributed by atoms with E-state index < -0.39 is 0 Å². The van der Waals surface area contributed by atoms with Crippen molar-refractivity contribution in [1.82, 2.24) is 0 Å². The number of rotatable bonds is 1. The van der Waals surface area contributed by atoms with E-state index in [-0.39, 0.29) is 5.60 Å². The Bertz CT molecular complexity index is 150. The van der Waals surface area contributed by atoms with Gasteiger partial charge in [0.2, 0.25) is 0 Å². The predicted molar refractivity (Wildman–Crippen MR) is 47.2 cm³/mol. The Morgan fingerprint density at radius 1 is 1.25 bits per heavy atom. The molecule has 2 heteroatoms. The normalized spacial score (nSPS) is 42.2. The van der Waals surface area contributed by atoms with Gasteiger partial charge in [-0.2, -0.15) is 0 Å². The van der Waals surface area contributed by atoms with Crippen LogP contribution >= 0.6 is 0 Å². The van der Waals surface area contributed by atoms with Crippen LogP contribution in [0.5, 0.6) is 0 Å². The Kier molecular flexibility index (Phi) is 2.37. The quantitative estimate of drug-likeness (QED) is 0.600. The first-order chi connectivity index (χ1) is 5.87. The average Bonchev–Trinajstić information content (AvgIpc) is 2.55. The molecular weight excluding hydrogens is 152 g/mol. The van der Waals surface area contributed by atoms with Crippen LogP contribution in [0.15, 0.2) is 0 Å². The summed E-state index contributed by atoms with van der Waals surface area (Å²) in [5, 5.41) is 0. The smallest absolute Gasteiger partial charge is 0.0943 e. The third-order valence-corrected chi connectivity index (χ3v) is 3.32. The molecule has 2 nitrogen and oxygen atoms in total. The molecule has 12 heavy (non-hydrogen) atoms. The lowest BCUT2D eigenvalue weighted by Gasteiger charge is -2.39. The second-order valence-corrected chi connectivity index (χ2v) is 3.99. The zero-order chi connectivity index (χ0) is 8.44. The van der Waals surface area contributed by atoms with Crippen LogP contribution in [0.2, 0.25) is 0 Å². The van der Waals surface area contributed by atoms with Crippen molar-refractivity contribution < 1.29 is 9.47 Å². The minimum Gasteiger partial charge on any atom is -0.378 e. The summed E-state index contributed by atoms with van der Waals surface area (Å²) in [5.41, 5.74) is 0.118. The van der Waals surface area contributed by atoms with Crippen LogP contribution < -0.4 is 0 Å². The Morgan fingerprint density at radius 2 is 2.08 bits per heavy atom. The number of ether oxygens (including phenoxy) is 2. The van der Waals surface area contributed by atoms with Crippen molar-refractivity contribution in [3.8, 4) is 0 Å². The zero-order valence-electron chi connectivity index (χ0n) is 7.84. The van der Waals surface area contributed by atoms with Crippen LogP contribution in [0.25, 0.3) is 0 Å². The average molecular weight is 170 g/mol. The number of hydrogen-bond donors (Lipinski definition) is 0. The summed E-state index contributed by atoms with van der Waals surface area (Å²) in [4.78, 5) is 0. The van der Waals surface area contributed by atoms with Gasteiger partial charge in [-0.1, -0.05) is 12.8 Å². The molecule has 1 heterocycles. The first-order valence-electron chi connectivity index (χ1n) is 5.04. The standard InChI is InChI=1S/C10H18O2/c1-11-9-5-2-3-6-10(9)7-4-8-12-10/h9H,2-8H2,1H3/t9-,10-/m0/s1. The van der Waals surface area contributed by atoms with Gasteiger partial charge in [0.25, 0.3) is 0 Å². The highest BCUT2D eigenvalue weighted by atomic mass is 16.5. The maximum atomic E-state index is 5.86. The molecule has 0 N–H and O–H groups in total. The van der Waals surface area contributed by atoms with Gasteiger partial charge in [-0.3, -0.25) is 0 Å². The summed E-state index contributed by atoms with van der Waals surface area (Å²) >= 11 is 0. The second kappa shape index (κ2) is 3.35. The molecule has 2 atom stereocenters. The third kappa shape index (κ3) is 1.27. The highest BCUT2D eigenvalue weighted by Crippen LogP contribution is 2.40. The molecule has 1 aliphatic heterocycles. The Morgan fingerprint density at radius 3 is 2.75 bits per heavy atom. The molecule has 0 aromatic rings. The van der Waals surface area contributed by atoms with E-state index in [1.54, 1.807) is 0 Å². The minimum atomic E-state index is 0.118. The van der Waals surface area contributed by atoms with Crippen molar-refractivity contribution in [1.29, 1.82) is 0 Å². The van der Waals surface area contributed by atoms with Crippen LogP contribution in [0, 0.1) is 0 Å². The Labute approximate surface area is 74.2 Å². The molecule has 70 valence electrons. The van der Waals surface area contributed by atoms with Crippen molar-refractivity contribution >= 4 is 0 Å². The van der Waals surface area contributed by atoms with Gasteiger partial charge in [-0.15, -0.1) is 0 Å². The fourth-order valence-corrected chi connectivity index (χ4v) is 2.68. The molecular formula is C10H18O2. The zero-order valence-corrected chi connectivity index (χ0v) is 7.84. The Hall–Kier alpha value is -0.0800. The maximum Gasteiger partial charge on any atom is 0.0943 e. The van der Waals surface area contributed by atoms with Crippen molar-refractivity contribution in [3.05, 3.63) is 0 Å². The van der Waals surface area contributed by atoms with Crippen molar-refractivity contribution in [2.24, 2.45) is 0 Å². The van der Waals surface area contributed by atoms with Gasteiger partial charge in [0.15, 0.2) is 0 Å². The lowest BCUT2D eigenvalue weighted by Crippen LogP contribution is -2.45. The molecule has 2 fully saturated rings. The number of hydrogen-bond acceptors (Lipinski definition) is 2. The molecule has 2 rings (SSSR count). The molecule has 0 aromatic heterocycles. The fourth-order valence-electron chi connectivity index (χ4n) is 2.68. The SMILES string of the molecule is CO[C@H]1CCCC[C@]12CCCO2. The monoisotopic (exact) mass is 170 g/mol. The first kappa shape index (κ1) is 8.52. The van der Waals surface area contributed by atoms with E-state index in [1.807, 2.05) is 7.11 Å². The van der Waals surface area contributed by atoms with Crippen LogP contribution in [0.1, 0.15) is 38.5 Å². The molecule has 0 aromatic carbocycles. The van der Waals surface area contributed by atoms with Gasteiger partial charge in [0, 0.05) is 13.7 Å². The minimum absolute atomic E-state index is 0.118. The molecule has 1 aliphatic carbocycles. The van der Waals surface area contributed by atoms with E-state index in [2.05, 4.69) is 0 Å². The molecule has 0 unspecified atom stereocenters. The van der Waals surface area contributed by atoms with E-state index in [9.17, 15) is 0 Å². The molecule has 1 saturated carbocycles. The van der Waals surface area contributed by atoms with E-state index >= 15 is 0 Å². The second-order valence-electron chi connectivity index (χ2n) is 3.99. The fraction of sp³-hybridized carbons (Fsp3) is 1.00. The predicted octanol–water partition coefficient (Wildman–Crippen LogP) is 2.12. The van der Waals surface area contributed by atoms with Crippen molar-refractivity contribution in [2.75, 3.05) is 13.7 Å². The van der Waals surface area contributed by atoms with Gasteiger partial charge < -0.3 is 9.47 Å². The lowest BCUT2D eigenvalue weighted by atomic mass is 9.80. The van der Waals surface area contributed by atoms with Crippen LogP contribution in [0.4, 0.5) is 0 Å². The Balaban J connectivity index is 2.07. The van der Waals surface area contributed by atoms with E-state index in [1.165, 1.54) is 38.5 Å². The summed E-state index contributed by atoms with van der Waals surface area (Å²) in [6, 6.07) is 0. The highest BCUT2D eigenvalue weighted by Gasteiger charge is 2.44. The third-order valence-electron chi connectivity index (χ3n) is 3.32. The number of methoxy groups -OCH3 is 1. The van der Waals surface area contributed by atoms with Crippen LogP contribution in [-0.2, 0) is 9.47 Å². The van der Waals surface area contributed by atoms with E-state index in [4.69, 9.17) is 9.47 Å². The molecule has 1 spiro atoms. The van der Waals surface area contributed by atoms with Crippen LogP contribution in [-0.4, -0.2) is 25.4 Å². The van der Waals surface area contributed by atoms with E-state index in [0.717, 1.165) is 6.61 Å². The summed E-state index contributed by atoms with van der Waals surface area (Å²) in [7, 11) is 1.82. The maximum absolute atomic E-state index is 5.86. The molecule has 2 aliphatic rings. The molecule has 1 saturated heterocycles. The van der Waals surface area contributed by atoms with Crippen molar-refractivity contribution in [3.63, 3.8) is 0 Å². The summed E-state index contributed by atoms with van der Waals surface area (Å²) in [6.45, 7) is 0.944. The largest absolute Gasteiger partial charge is 0.378 e.